The number of para-hydroxylation sites is 1. The van der Waals surface area contributed by atoms with Crippen LogP contribution in [-0.4, -0.2) is 66.2 Å². The Morgan fingerprint density at radius 3 is 1.88 bits per heavy atom. The molecule has 0 spiro atoms. The molecule has 1 fully saturated rings. The minimum Gasteiger partial charge on any atom is -0.463 e. The van der Waals surface area contributed by atoms with Gasteiger partial charge in [0.15, 0.2) is 29.7 Å². The van der Waals surface area contributed by atoms with Gasteiger partial charge in [0.25, 0.3) is 0 Å². The molecule has 0 aliphatic carbocycles. The van der Waals surface area contributed by atoms with Crippen molar-refractivity contribution in [1.29, 1.82) is 0 Å². The predicted octanol–water partition coefficient (Wildman–Crippen LogP) is 2.85. The predicted molar refractivity (Wildman–Crippen MR) is 144 cm³/mol. The molecular formula is C27H30N2O10S. The summed E-state index contributed by atoms with van der Waals surface area (Å²) < 4.78 is 33.0. The summed E-state index contributed by atoms with van der Waals surface area (Å²) in [5, 5.41) is 5.94. The Morgan fingerprint density at radius 1 is 0.750 bits per heavy atom. The number of thiocarbonyl (C=S) groups is 1. The van der Waals surface area contributed by atoms with Gasteiger partial charge in [0.2, 0.25) is 0 Å². The molecule has 0 radical (unpaired) electrons. The molecule has 2 aromatic carbocycles. The summed E-state index contributed by atoms with van der Waals surface area (Å²) in [5.74, 6) is -1.49. The second-order valence-electron chi connectivity index (χ2n) is 8.66. The summed E-state index contributed by atoms with van der Waals surface area (Å²) in [4.78, 5) is 47.3. The summed E-state index contributed by atoms with van der Waals surface area (Å²) in [6, 6.07) is 16.2. The van der Waals surface area contributed by atoms with Crippen LogP contribution in [0.1, 0.15) is 27.7 Å². The molecule has 2 N–H and O–H groups in total. The maximum atomic E-state index is 12.0. The lowest BCUT2D eigenvalue weighted by molar-refractivity contribution is -0.254. The van der Waals surface area contributed by atoms with Crippen LogP contribution >= 0.6 is 12.2 Å². The average Bonchev–Trinajstić information content (AvgIpc) is 2.87. The van der Waals surface area contributed by atoms with Crippen molar-refractivity contribution in [2.24, 2.45) is 0 Å². The number of anilines is 1. The van der Waals surface area contributed by atoms with Gasteiger partial charge in [-0.15, -0.1) is 0 Å². The molecule has 0 amide bonds. The van der Waals surface area contributed by atoms with Crippen molar-refractivity contribution in [2.75, 3.05) is 11.9 Å². The van der Waals surface area contributed by atoms with Crippen LogP contribution in [0.25, 0.3) is 0 Å². The zero-order valence-electron chi connectivity index (χ0n) is 22.3. The lowest BCUT2D eigenvalue weighted by Crippen LogP contribution is -2.66. The molecule has 1 aliphatic rings. The van der Waals surface area contributed by atoms with Gasteiger partial charge in [-0.3, -0.25) is 19.2 Å². The quantitative estimate of drug-likeness (QED) is 0.257. The van der Waals surface area contributed by atoms with Gasteiger partial charge in [-0.05, 0) is 48.6 Å². The van der Waals surface area contributed by atoms with Gasteiger partial charge in [-0.1, -0.05) is 18.2 Å². The summed E-state index contributed by atoms with van der Waals surface area (Å²) >= 11 is 5.44. The van der Waals surface area contributed by atoms with Crippen molar-refractivity contribution >= 4 is 46.9 Å². The zero-order valence-corrected chi connectivity index (χ0v) is 23.1. The summed E-state index contributed by atoms with van der Waals surface area (Å²) in [6.07, 6.45) is -6.16. The average molecular weight is 575 g/mol. The molecule has 0 bridgehead atoms. The number of hydrogen-bond acceptors (Lipinski definition) is 11. The van der Waals surface area contributed by atoms with Crippen molar-refractivity contribution < 1.29 is 47.6 Å². The summed E-state index contributed by atoms with van der Waals surface area (Å²) in [5.41, 5.74) is 0.601. The number of nitrogens with one attached hydrogen (secondary N) is 2. The number of hydrogen-bond donors (Lipinski definition) is 2. The minimum atomic E-state index is -1.31. The number of ether oxygens (including phenoxy) is 6. The normalized spacial score (nSPS) is 21.8. The fraction of sp³-hybridized carbons (Fsp3) is 0.370. The maximum absolute atomic E-state index is 12.0. The van der Waals surface area contributed by atoms with E-state index in [1.165, 1.54) is 6.92 Å². The maximum Gasteiger partial charge on any atom is 0.303 e. The topological polar surface area (TPSA) is 148 Å². The zero-order chi connectivity index (χ0) is 29.2. The fourth-order valence-corrected chi connectivity index (χ4v) is 4.11. The van der Waals surface area contributed by atoms with Crippen molar-refractivity contribution in [3.8, 4) is 11.5 Å². The first-order valence-electron chi connectivity index (χ1n) is 12.2. The van der Waals surface area contributed by atoms with Crippen LogP contribution in [0.15, 0.2) is 54.6 Å². The lowest BCUT2D eigenvalue weighted by Gasteiger charge is -2.44. The second-order valence-corrected chi connectivity index (χ2v) is 9.07. The van der Waals surface area contributed by atoms with E-state index in [0.717, 1.165) is 20.8 Å². The van der Waals surface area contributed by atoms with E-state index in [-0.39, 0.29) is 11.7 Å². The van der Waals surface area contributed by atoms with E-state index in [2.05, 4.69) is 10.6 Å². The summed E-state index contributed by atoms with van der Waals surface area (Å²) in [6.45, 7) is 4.29. The standard InChI is InChI=1S/C27H30N2O10S/c1-15(30)34-14-22-23(35-16(2)31)24(36-17(3)32)25(37-18(4)33)26(39-22)29-27(40)28-19-10-12-21(13-11-19)38-20-8-6-5-7-9-20/h5-13,22-26H,14H2,1-4H3,(H2,28,29,40)/t22-,23+,24+,25+,26-/m1/s1. The second kappa shape index (κ2) is 14.2. The Balaban J connectivity index is 1.79. The molecule has 1 heterocycles. The van der Waals surface area contributed by atoms with Gasteiger partial charge in [0.05, 0.1) is 0 Å². The first kappa shape index (κ1) is 30.3. The first-order valence-corrected chi connectivity index (χ1v) is 12.6. The van der Waals surface area contributed by atoms with Gasteiger partial charge < -0.3 is 39.1 Å². The van der Waals surface area contributed by atoms with Crippen molar-refractivity contribution in [3.63, 3.8) is 0 Å². The lowest BCUT2D eigenvalue weighted by atomic mass is 9.97. The highest BCUT2D eigenvalue weighted by Gasteiger charge is 2.52. The SMILES string of the molecule is CC(=O)OC[C@H]1O[C@@H](NC(=S)Nc2ccc(Oc3ccccc3)cc2)[C@@H](OC(C)=O)[C@@H](OC(C)=O)[C@H]1OC(C)=O. The molecule has 214 valence electrons. The Labute approximate surface area is 236 Å². The van der Waals surface area contributed by atoms with Gasteiger partial charge >= 0.3 is 23.9 Å². The molecule has 13 heteroatoms. The monoisotopic (exact) mass is 574 g/mol. The minimum absolute atomic E-state index is 0.0672. The molecule has 5 atom stereocenters. The summed E-state index contributed by atoms with van der Waals surface area (Å²) in [7, 11) is 0. The third-order valence-corrected chi connectivity index (χ3v) is 5.58. The third kappa shape index (κ3) is 9.20. The number of rotatable bonds is 9. The van der Waals surface area contributed by atoms with E-state index in [9.17, 15) is 19.2 Å². The van der Waals surface area contributed by atoms with E-state index in [1.807, 2.05) is 30.3 Å². The smallest absolute Gasteiger partial charge is 0.303 e. The van der Waals surface area contributed by atoms with Gasteiger partial charge in [-0.2, -0.15) is 0 Å². The van der Waals surface area contributed by atoms with Crippen molar-refractivity contribution in [2.45, 2.75) is 58.3 Å². The molecule has 40 heavy (non-hydrogen) atoms. The van der Waals surface area contributed by atoms with E-state index in [0.29, 0.717) is 17.2 Å². The Kier molecular flexibility index (Phi) is 10.8. The molecule has 0 saturated carbocycles. The molecule has 3 rings (SSSR count). The van der Waals surface area contributed by atoms with E-state index in [4.69, 9.17) is 40.6 Å². The van der Waals surface area contributed by atoms with Crippen LogP contribution in [-0.2, 0) is 42.9 Å². The van der Waals surface area contributed by atoms with Gasteiger partial charge in [-0.25, -0.2) is 0 Å². The molecule has 12 nitrogen and oxygen atoms in total. The van der Waals surface area contributed by atoms with Crippen LogP contribution in [0.3, 0.4) is 0 Å². The fourth-order valence-electron chi connectivity index (χ4n) is 3.87. The third-order valence-electron chi connectivity index (χ3n) is 5.36. The van der Waals surface area contributed by atoms with E-state index >= 15 is 0 Å². The van der Waals surface area contributed by atoms with Crippen LogP contribution in [0.4, 0.5) is 5.69 Å². The number of carbonyl (C=O) groups excluding carboxylic acids is 4. The largest absolute Gasteiger partial charge is 0.463 e. The van der Waals surface area contributed by atoms with Gasteiger partial charge in [0.1, 0.15) is 24.2 Å². The van der Waals surface area contributed by atoms with Crippen LogP contribution in [0.5, 0.6) is 11.5 Å². The number of benzene rings is 2. The van der Waals surface area contributed by atoms with Crippen LogP contribution in [0.2, 0.25) is 0 Å². The molecule has 0 unspecified atom stereocenters. The Hall–Kier alpha value is -4.23. The van der Waals surface area contributed by atoms with E-state index < -0.39 is 54.5 Å². The van der Waals surface area contributed by atoms with Crippen LogP contribution in [0, 0.1) is 0 Å². The molecule has 1 saturated heterocycles. The first-order chi connectivity index (χ1) is 19.0. The highest BCUT2D eigenvalue weighted by atomic mass is 32.1. The Morgan fingerprint density at radius 2 is 1.30 bits per heavy atom. The van der Waals surface area contributed by atoms with Crippen molar-refractivity contribution in [1.82, 2.24) is 5.32 Å². The molecule has 0 aromatic heterocycles. The highest BCUT2D eigenvalue weighted by Crippen LogP contribution is 2.29. The van der Waals surface area contributed by atoms with Crippen molar-refractivity contribution in [3.05, 3.63) is 54.6 Å². The molecule has 2 aromatic rings. The van der Waals surface area contributed by atoms with Gasteiger partial charge in [0, 0.05) is 33.4 Å². The Bertz CT molecular complexity index is 1210. The highest BCUT2D eigenvalue weighted by molar-refractivity contribution is 7.80. The number of esters is 4. The van der Waals surface area contributed by atoms with E-state index in [1.54, 1.807) is 24.3 Å². The number of carbonyl (C=O) groups is 4. The molecular weight excluding hydrogens is 544 g/mol. The molecule has 1 aliphatic heterocycles. The van der Waals surface area contributed by atoms with Crippen LogP contribution < -0.4 is 15.4 Å².